The molecule has 19 heavy (non-hydrogen) atoms. The fourth-order valence-corrected chi connectivity index (χ4v) is 2.65. The topological polar surface area (TPSA) is 38.0 Å². The van der Waals surface area contributed by atoms with Crippen LogP contribution in [-0.2, 0) is 6.54 Å². The molecule has 5 heteroatoms. The lowest BCUT2D eigenvalue weighted by molar-refractivity contribution is 0.627. The van der Waals surface area contributed by atoms with E-state index in [0.717, 1.165) is 21.3 Å². The molecule has 0 saturated heterocycles. The lowest BCUT2D eigenvalue weighted by Crippen LogP contribution is -2.14. The van der Waals surface area contributed by atoms with E-state index < -0.39 is 0 Å². The van der Waals surface area contributed by atoms with Gasteiger partial charge in [0.15, 0.2) is 0 Å². The second-order valence-corrected chi connectivity index (χ2v) is 5.30. The van der Waals surface area contributed by atoms with Crippen LogP contribution in [0.25, 0.3) is 0 Å². The van der Waals surface area contributed by atoms with Crippen LogP contribution < -0.4 is 11.1 Å². The first kappa shape index (κ1) is 14.0. The number of rotatable bonds is 4. The standard InChI is InChI=1S/C14H12BrFN2S/c15-11-2-1-3-12(13(11)14(17)19)18-8-9-4-6-10(16)7-5-9/h1-7,18H,8H2,(H2,17,19). The molecule has 0 radical (unpaired) electrons. The highest BCUT2D eigenvalue weighted by Gasteiger charge is 2.08. The first-order valence-corrected chi connectivity index (χ1v) is 6.84. The molecule has 2 aromatic rings. The summed E-state index contributed by atoms with van der Waals surface area (Å²) in [4.78, 5) is 0.328. The van der Waals surface area contributed by atoms with Crippen molar-refractivity contribution in [3.8, 4) is 0 Å². The third-order valence-electron chi connectivity index (χ3n) is 2.66. The normalized spacial score (nSPS) is 10.2. The Morgan fingerprint density at radius 3 is 2.53 bits per heavy atom. The fourth-order valence-electron chi connectivity index (χ4n) is 1.72. The van der Waals surface area contributed by atoms with Crippen LogP contribution in [0.15, 0.2) is 46.9 Å². The number of nitrogens with one attached hydrogen (secondary N) is 1. The number of thiocarbonyl (C=S) groups is 1. The Bertz CT molecular complexity index is 599. The van der Waals surface area contributed by atoms with Crippen molar-refractivity contribution >= 4 is 38.8 Å². The molecule has 0 aliphatic carbocycles. The maximum absolute atomic E-state index is 12.8. The Hall–Kier alpha value is -1.46. The predicted molar refractivity (Wildman–Crippen MR) is 83.8 cm³/mol. The SMILES string of the molecule is NC(=S)c1c(Br)cccc1NCc1ccc(F)cc1. The van der Waals surface area contributed by atoms with Gasteiger partial charge in [-0.2, -0.15) is 0 Å². The largest absolute Gasteiger partial charge is 0.389 e. The molecule has 98 valence electrons. The van der Waals surface area contributed by atoms with E-state index in [2.05, 4.69) is 21.2 Å². The molecule has 0 spiro atoms. The smallest absolute Gasteiger partial charge is 0.123 e. The van der Waals surface area contributed by atoms with Gasteiger partial charge in [0.25, 0.3) is 0 Å². The minimum atomic E-state index is -0.241. The second kappa shape index (κ2) is 6.12. The minimum Gasteiger partial charge on any atom is -0.389 e. The van der Waals surface area contributed by atoms with Gasteiger partial charge >= 0.3 is 0 Å². The van der Waals surface area contributed by atoms with Crippen molar-refractivity contribution in [2.24, 2.45) is 5.73 Å². The third kappa shape index (κ3) is 3.52. The van der Waals surface area contributed by atoms with Gasteiger partial charge in [-0.15, -0.1) is 0 Å². The molecule has 0 bridgehead atoms. The van der Waals surface area contributed by atoms with Crippen LogP contribution >= 0.6 is 28.1 Å². The first-order chi connectivity index (χ1) is 9.08. The van der Waals surface area contributed by atoms with Crippen molar-refractivity contribution in [1.82, 2.24) is 0 Å². The summed E-state index contributed by atoms with van der Waals surface area (Å²) in [7, 11) is 0. The Labute approximate surface area is 124 Å². The number of hydrogen-bond acceptors (Lipinski definition) is 2. The molecule has 0 heterocycles. The van der Waals surface area contributed by atoms with Gasteiger partial charge in [-0.1, -0.05) is 30.4 Å². The maximum Gasteiger partial charge on any atom is 0.123 e. The van der Waals surface area contributed by atoms with Crippen molar-refractivity contribution in [3.63, 3.8) is 0 Å². The predicted octanol–water partition coefficient (Wildman–Crippen LogP) is 3.83. The average Bonchev–Trinajstić information content (AvgIpc) is 2.37. The van der Waals surface area contributed by atoms with Crippen LogP contribution in [0.4, 0.5) is 10.1 Å². The van der Waals surface area contributed by atoms with Crippen LogP contribution in [0, 0.1) is 5.82 Å². The maximum atomic E-state index is 12.8. The molecular formula is C14H12BrFN2S. The van der Waals surface area contributed by atoms with E-state index >= 15 is 0 Å². The van der Waals surface area contributed by atoms with Crippen molar-refractivity contribution in [1.29, 1.82) is 0 Å². The molecule has 0 aliphatic heterocycles. The zero-order valence-electron chi connectivity index (χ0n) is 9.99. The summed E-state index contributed by atoms with van der Waals surface area (Å²) in [6, 6.07) is 12.0. The monoisotopic (exact) mass is 338 g/mol. The van der Waals surface area contributed by atoms with Gasteiger partial charge in [-0.05, 0) is 45.8 Å². The highest BCUT2D eigenvalue weighted by molar-refractivity contribution is 9.10. The van der Waals surface area contributed by atoms with E-state index in [0.29, 0.717) is 11.5 Å². The Morgan fingerprint density at radius 2 is 1.89 bits per heavy atom. The summed E-state index contributed by atoms with van der Waals surface area (Å²) < 4.78 is 13.7. The number of hydrogen-bond donors (Lipinski definition) is 2. The Kier molecular flexibility index (Phi) is 4.50. The molecule has 0 aromatic heterocycles. The zero-order chi connectivity index (χ0) is 13.8. The number of halogens is 2. The lowest BCUT2D eigenvalue weighted by atomic mass is 10.1. The molecule has 0 fully saturated rings. The molecule has 0 amide bonds. The fraction of sp³-hybridized carbons (Fsp3) is 0.0714. The van der Waals surface area contributed by atoms with E-state index in [-0.39, 0.29) is 5.82 Å². The molecular weight excluding hydrogens is 327 g/mol. The number of nitrogens with two attached hydrogens (primary N) is 1. The summed E-state index contributed by atoms with van der Waals surface area (Å²) >= 11 is 8.47. The Balaban J connectivity index is 2.18. The summed E-state index contributed by atoms with van der Waals surface area (Å²) in [6.07, 6.45) is 0. The van der Waals surface area contributed by atoms with Crippen LogP contribution in [0.2, 0.25) is 0 Å². The van der Waals surface area contributed by atoms with E-state index in [1.165, 1.54) is 12.1 Å². The second-order valence-electron chi connectivity index (χ2n) is 4.01. The van der Waals surface area contributed by atoms with Crippen molar-refractivity contribution < 1.29 is 4.39 Å². The highest BCUT2D eigenvalue weighted by Crippen LogP contribution is 2.25. The number of benzene rings is 2. The third-order valence-corrected chi connectivity index (χ3v) is 3.52. The van der Waals surface area contributed by atoms with Gasteiger partial charge in [0.05, 0.1) is 0 Å². The van der Waals surface area contributed by atoms with E-state index in [9.17, 15) is 4.39 Å². The lowest BCUT2D eigenvalue weighted by Gasteiger charge is -2.12. The molecule has 0 saturated carbocycles. The molecule has 0 aliphatic rings. The molecule has 0 atom stereocenters. The minimum absolute atomic E-state index is 0.241. The van der Waals surface area contributed by atoms with E-state index in [1.54, 1.807) is 12.1 Å². The van der Waals surface area contributed by atoms with Crippen molar-refractivity contribution in [2.75, 3.05) is 5.32 Å². The molecule has 0 unspecified atom stereocenters. The first-order valence-electron chi connectivity index (χ1n) is 5.64. The van der Waals surface area contributed by atoms with Gasteiger partial charge in [-0.3, -0.25) is 0 Å². The van der Waals surface area contributed by atoms with Crippen LogP contribution in [-0.4, -0.2) is 4.99 Å². The van der Waals surface area contributed by atoms with Crippen LogP contribution in [0.1, 0.15) is 11.1 Å². The zero-order valence-corrected chi connectivity index (χ0v) is 12.4. The molecule has 3 N–H and O–H groups in total. The van der Waals surface area contributed by atoms with Gasteiger partial charge in [-0.25, -0.2) is 4.39 Å². The summed E-state index contributed by atoms with van der Waals surface area (Å²) in [5.74, 6) is -0.241. The van der Waals surface area contributed by atoms with Crippen LogP contribution in [0.3, 0.4) is 0 Å². The van der Waals surface area contributed by atoms with Gasteiger partial charge in [0.1, 0.15) is 10.8 Å². The van der Waals surface area contributed by atoms with Gasteiger partial charge < -0.3 is 11.1 Å². The van der Waals surface area contributed by atoms with Crippen molar-refractivity contribution in [3.05, 3.63) is 63.9 Å². The summed E-state index contributed by atoms with van der Waals surface area (Å²) in [6.45, 7) is 0.576. The Morgan fingerprint density at radius 1 is 1.21 bits per heavy atom. The summed E-state index contributed by atoms with van der Waals surface area (Å²) in [5, 5.41) is 3.25. The van der Waals surface area contributed by atoms with E-state index in [1.807, 2.05) is 18.2 Å². The summed E-state index contributed by atoms with van der Waals surface area (Å²) in [5.41, 5.74) is 8.33. The molecule has 2 nitrogen and oxygen atoms in total. The number of anilines is 1. The van der Waals surface area contributed by atoms with Gasteiger partial charge in [0.2, 0.25) is 0 Å². The quantitative estimate of drug-likeness (QED) is 0.832. The highest BCUT2D eigenvalue weighted by atomic mass is 79.9. The van der Waals surface area contributed by atoms with E-state index in [4.69, 9.17) is 18.0 Å². The molecule has 2 aromatic carbocycles. The van der Waals surface area contributed by atoms with Gasteiger partial charge in [0, 0.05) is 22.3 Å². The van der Waals surface area contributed by atoms with Crippen LogP contribution in [0.5, 0.6) is 0 Å². The average molecular weight is 339 g/mol. The molecule has 2 rings (SSSR count). The van der Waals surface area contributed by atoms with Crippen molar-refractivity contribution in [2.45, 2.75) is 6.54 Å².